The average Bonchev–Trinajstić information content (AvgIpc) is 2.72. The van der Waals surface area contributed by atoms with Crippen molar-refractivity contribution >= 4 is 12.0 Å². The van der Waals surface area contributed by atoms with Crippen LogP contribution in [0.4, 0.5) is 4.79 Å². The first-order valence-corrected chi connectivity index (χ1v) is 6.77. The van der Waals surface area contributed by atoms with Crippen LogP contribution in [0.1, 0.15) is 40.0 Å². The van der Waals surface area contributed by atoms with E-state index >= 15 is 0 Å². The third-order valence-corrected chi connectivity index (χ3v) is 3.76. The molecule has 0 spiro atoms. The van der Waals surface area contributed by atoms with Crippen molar-refractivity contribution in [2.24, 2.45) is 0 Å². The molecule has 0 aromatic carbocycles. The number of hydrogen-bond donors (Lipinski definition) is 2. The summed E-state index contributed by atoms with van der Waals surface area (Å²) >= 11 is 0. The van der Waals surface area contributed by atoms with Gasteiger partial charge in [-0.1, -0.05) is 0 Å². The highest BCUT2D eigenvalue weighted by Crippen LogP contribution is 2.30. The molecule has 1 saturated heterocycles. The highest BCUT2D eigenvalue weighted by atomic mass is 16.4. The van der Waals surface area contributed by atoms with Gasteiger partial charge in [0.2, 0.25) is 0 Å². The zero-order chi connectivity index (χ0) is 14.6. The third-order valence-electron chi connectivity index (χ3n) is 3.76. The predicted octanol–water partition coefficient (Wildman–Crippen LogP) is 1.14. The average molecular weight is 272 g/mol. The Morgan fingerprint density at radius 3 is 2.53 bits per heavy atom. The van der Waals surface area contributed by atoms with Crippen LogP contribution in [0.25, 0.3) is 0 Å². The van der Waals surface area contributed by atoms with Gasteiger partial charge in [0.15, 0.2) is 0 Å². The van der Waals surface area contributed by atoms with Crippen LogP contribution >= 0.6 is 0 Å². The molecular formula is C13H24N2O4. The summed E-state index contributed by atoms with van der Waals surface area (Å²) in [6.45, 7) is 6.33. The van der Waals surface area contributed by atoms with E-state index in [0.717, 1.165) is 0 Å². The van der Waals surface area contributed by atoms with E-state index in [4.69, 9.17) is 5.11 Å². The van der Waals surface area contributed by atoms with E-state index in [1.165, 1.54) is 4.90 Å². The predicted molar refractivity (Wildman–Crippen MR) is 70.9 cm³/mol. The summed E-state index contributed by atoms with van der Waals surface area (Å²) in [4.78, 5) is 27.0. The zero-order valence-corrected chi connectivity index (χ0v) is 11.9. The number of aliphatic carboxylic acids is 1. The molecule has 0 aromatic heterocycles. The topological polar surface area (TPSA) is 81.1 Å². The van der Waals surface area contributed by atoms with Crippen LogP contribution in [0, 0.1) is 0 Å². The van der Waals surface area contributed by atoms with Crippen molar-refractivity contribution in [2.45, 2.75) is 51.6 Å². The van der Waals surface area contributed by atoms with E-state index < -0.39 is 11.5 Å². The van der Waals surface area contributed by atoms with Crippen molar-refractivity contribution in [1.29, 1.82) is 0 Å². The molecule has 1 fully saturated rings. The van der Waals surface area contributed by atoms with Crippen LogP contribution in [-0.4, -0.2) is 63.3 Å². The number of hydrogen-bond acceptors (Lipinski definition) is 3. The Kier molecular flexibility index (Phi) is 5.17. The van der Waals surface area contributed by atoms with Crippen molar-refractivity contribution in [1.82, 2.24) is 9.80 Å². The number of carbonyl (C=O) groups is 2. The summed E-state index contributed by atoms with van der Waals surface area (Å²) in [5, 5.41) is 18.2. The van der Waals surface area contributed by atoms with Crippen molar-refractivity contribution in [3.05, 3.63) is 0 Å². The van der Waals surface area contributed by atoms with Gasteiger partial charge in [0, 0.05) is 25.7 Å². The maximum atomic E-state index is 12.5. The van der Waals surface area contributed by atoms with Crippen LogP contribution in [-0.2, 0) is 4.79 Å². The zero-order valence-electron chi connectivity index (χ0n) is 11.9. The Bertz CT molecular complexity index is 346. The first-order chi connectivity index (χ1) is 8.84. The number of likely N-dealkylation sites (tertiary alicyclic amines) is 1. The molecule has 1 atom stereocenters. The second-order valence-electron chi connectivity index (χ2n) is 5.48. The number of amides is 2. The lowest BCUT2D eigenvalue weighted by Gasteiger charge is -2.37. The van der Waals surface area contributed by atoms with Crippen molar-refractivity contribution in [3.8, 4) is 0 Å². The van der Waals surface area contributed by atoms with Crippen LogP contribution in [0.3, 0.4) is 0 Å². The van der Waals surface area contributed by atoms with Gasteiger partial charge in [-0.15, -0.1) is 0 Å². The SMILES string of the molecule is CC(C)N(CCCO)C(=O)N1CCCC1(C)C(=O)O. The fraction of sp³-hybridized carbons (Fsp3) is 0.846. The number of rotatable bonds is 5. The minimum Gasteiger partial charge on any atom is -0.480 e. The summed E-state index contributed by atoms with van der Waals surface area (Å²) < 4.78 is 0. The summed E-state index contributed by atoms with van der Waals surface area (Å²) in [6.07, 6.45) is 1.70. The molecule has 1 rings (SSSR count). The maximum Gasteiger partial charge on any atom is 0.329 e. The van der Waals surface area contributed by atoms with Gasteiger partial charge in [0.05, 0.1) is 0 Å². The molecule has 110 valence electrons. The van der Waals surface area contributed by atoms with Gasteiger partial charge in [0.1, 0.15) is 5.54 Å². The van der Waals surface area contributed by atoms with Gasteiger partial charge >= 0.3 is 12.0 Å². The fourth-order valence-electron chi connectivity index (χ4n) is 2.46. The number of carboxylic acids is 1. The quantitative estimate of drug-likeness (QED) is 0.786. The largest absolute Gasteiger partial charge is 0.480 e. The van der Waals surface area contributed by atoms with Crippen LogP contribution in [0.2, 0.25) is 0 Å². The Morgan fingerprint density at radius 1 is 1.42 bits per heavy atom. The van der Waals surface area contributed by atoms with Gasteiger partial charge in [-0.2, -0.15) is 0 Å². The molecule has 0 radical (unpaired) electrons. The maximum absolute atomic E-state index is 12.5. The van der Waals surface area contributed by atoms with E-state index in [9.17, 15) is 14.7 Å². The lowest BCUT2D eigenvalue weighted by Crippen LogP contribution is -2.56. The summed E-state index contributed by atoms with van der Waals surface area (Å²) in [5.41, 5.74) is -1.11. The minimum atomic E-state index is -1.11. The summed E-state index contributed by atoms with van der Waals surface area (Å²) in [5.74, 6) is -0.954. The molecule has 2 amide bonds. The second-order valence-corrected chi connectivity index (χ2v) is 5.48. The van der Waals surface area contributed by atoms with E-state index in [0.29, 0.717) is 32.4 Å². The third kappa shape index (κ3) is 3.18. The number of aliphatic hydroxyl groups excluding tert-OH is 1. The lowest BCUT2D eigenvalue weighted by molar-refractivity contribution is -0.147. The molecule has 0 aromatic rings. The van der Waals surface area contributed by atoms with Crippen molar-refractivity contribution in [2.75, 3.05) is 19.7 Å². The van der Waals surface area contributed by atoms with Crippen LogP contribution < -0.4 is 0 Å². The molecule has 0 saturated carbocycles. The molecule has 0 aliphatic carbocycles. The van der Waals surface area contributed by atoms with Crippen LogP contribution in [0.15, 0.2) is 0 Å². The Hall–Kier alpha value is -1.30. The fourth-order valence-corrected chi connectivity index (χ4v) is 2.46. The molecule has 6 heteroatoms. The Balaban J connectivity index is 2.87. The lowest BCUT2D eigenvalue weighted by atomic mass is 9.99. The first kappa shape index (κ1) is 15.8. The molecule has 0 bridgehead atoms. The normalized spacial score (nSPS) is 22.9. The van der Waals surface area contributed by atoms with Crippen molar-refractivity contribution in [3.63, 3.8) is 0 Å². The Morgan fingerprint density at radius 2 is 2.05 bits per heavy atom. The van der Waals surface area contributed by atoms with E-state index in [1.807, 2.05) is 13.8 Å². The van der Waals surface area contributed by atoms with Gasteiger partial charge in [-0.25, -0.2) is 9.59 Å². The second kappa shape index (κ2) is 6.23. The van der Waals surface area contributed by atoms with Gasteiger partial charge < -0.3 is 20.0 Å². The van der Waals surface area contributed by atoms with E-state index in [-0.39, 0.29) is 18.7 Å². The first-order valence-electron chi connectivity index (χ1n) is 6.77. The Labute approximate surface area is 114 Å². The standard InChI is InChI=1S/C13H24N2O4/c1-10(2)14(7-5-9-16)12(19)15-8-4-6-13(15,3)11(17)18/h10,16H,4-9H2,1-3H3,(H,17,18). The smallest absolute Gasteiger partial charge is 0.329 e. The molecule has 2 N–H and O–H groups in total. The molecule has 1 aliphatic heterocycles. The molecule has 1 heterocycles. The van der Waals surface area contributed by atoms with Crippen molar-refractivity contribution < 1.29 is 19.8 Å². The molecule has 19 heavy (non-hydrogen) atoms. The van der Waals surface area contributed by atoms with Gasteiger partial charge in [-0.3, -0.25) is 0 Å². The monoisotopic (exact) mass is 272 g/mol. The molecule has 1 aliphatic rings. The summed E-state index contributed by atoms with van der Waals surface area (Å²) in [6, 6.07) is -0.261. The van der Waals surface area contributed by atoms with Gasteiger partial charge in [0.25, 0.3) is 0 Å². The number of urea groups is 1. The van der Waals surface area contributed by atoms with Gasteiger partial charge in [-0.05, 0) is 40.0 Å². The number of nitrogens with zero attached hydrogens (tertiary/aromatic N) is 2. The number of carboxylic acid groups (broad SMARTS) is 1. The minimum absolute atomic E-state index is 0.0160. The number of aliphatic hydroxyl groups is 1. The molecule has 1 unspecified atom stereocenters. The molecule has 6 nitrogen and oxygen atoms in total. The van der Waals surface area contributed by atoms with E-state index in [1.54, 1.807) is 11.8 Å². The molecular weight excluding hydrogens is 248 g/mol. The number of carbonyl (C=O) groups excluding carboxylic acids is 1. The highest BCUT2D eigenvalue weighted by Gasteiger charge is 2.47. The summed E-state index contributed by atoms with van der Waals surface area (Å²) in [7, 11) is 0. The highest BCUT2D eigenvalue weighted by molar-refractivity contribution is 5.86. The van der Waals surface area contributed by atoms with E-state index in [2.05, 4.69) is 0 Å². The van der Waals surface area contributed by atoms with Crippen LogP contribution in [0.5, 0.6) is 0 Å².